The van der Waals surface area contributed by atoms with Crippen LogP contribution in [0.2, 0.25) is 0 Å². The van der Waals surface area contributed by atoms with Crippen molar-refractivity contribution in [3.05, 3.63) is 102 Å². The number of hydrogen-bond acceptors (Lipinski definition) is 3. The molecule has 1 amide bonds. The highest BCUT2D eigenvalue weighted by atomic mass is 19.1. The lowest BCUT2D eigenvalue weighted by molar-refractivity contribution is -0.124. The van der Waals surface area contributed by atoms with Gasteiger partial charge in [-0.25, -0.2) is 4.39 Å². The van der Waals surface area contributed by atoms with E-state index >= 15 is 0 Å². The maximum Gasteiger partial charge on any atom is 0.224 e. The third-order valence-corrected chi connectivity index (χ3v) is 5.47. The van der Waals surface area contributed by atoms with Crippen molar-refractivity contribution in [1.29, 1.82) is 0 Å². The van der Waals surface area contributed by atoms with E-state index in [0.29, 0.717) is 13.1 Å². The molecule has 1 fully saturated rings. The van der Waals surface area contributed by atoms with Gasteiger partial charge in [0.1, 0.15) is 5.82 Å². The fourth-order valence-electron chi connectivity index (χ4n) is 3.95. The molecule has 1 aliphatic heterocycles. The molecule has 2 aromatic carbocycles. The fraction of sp³-hybridized carbons (Fsp3) is 0.250. The van der Waals surface area contributed by atoms with Crippen LogP contribution in [0.4, 0.5) is 4.39 Å². The minimum absolute atomic E-state index is 0.0597. The highest BCUT2D eigenvalue weighted by Crippen LogP contribution is 2.36. The molecule has 1 aliphatic rings. The van der Waals surface area contributed by atoms with Gasteiger partial charge in [-0.15, -0.1) is 0 Å². The minimum atomic E-state index is -0.243. The Morgan fingerprint density at radius 3 is 2.45 bits per heavy atom. The molecule has 0 spiro atoms. The molecule has 148 valence electrons. The number of likely N-dealkylation sites (tertiary alicyclic amines) is 1. The first-order chi connectivity index (χ1) is 14.2. The normalized spacial score (nSPS) is 19.2. The summed E-state index contributed by atoms with van der Waals surface area (Å²) in [4.78, 5) is 19.2. The number of amides is 1. The van der Waals surface area contributed by atoms with Gasteiger partial charge < -0.3 is 5.32 Å². The predicted octanol–water partition coefficient (Wildman–Crippen LogP) is 4.10. The summed E-state index contributed by atoms with van der Waals surface area (Å²) in [5, 5.41) is 3.05. The number of carbonyl (C=O) groups is 1. The first kappa shape index (κ1) is 19.3. The van der Waals surface area contributed by atoms with Crippen molar-refractivity contribution in [2.45, 2.75) is 25.6 Å². The van der Waals surface area contributed by atoms with Crippen LogP contribution in [0.5, 0.6) is 0 Å². The van der Waals surface area contributed by atoms with Crippen LogP contribution in [-0.2, 0) is 17.9 Å². The van der Waals surface area contributed by atoms with Crippen molar-refractivity contribution in [2.24, 2.45) is 5.92 Å². The zero-order valence-corrected chi connectivity index (χ0v) is 16.2. The Balaban J connectivity index is 1.47. The van der Waals surface area contributed by atoms with E-state index in [0.717, 1.165) is 24.1 Å². The van der Waals surface area contributed by atoms with Crippen molar-refractivity contribution in [1.82, 2.24) is 15.2 Å². The van der Waals surface area contributed by atoms with E-state index in [9.17, 15) is 9.18 Å². The molecule has 2 heterocycles. The number of rotatable bonds is 6. The van der Waals surface area contributed by atoms with Gasteiger partial charge in [-0.2, -0.15) is 0 Å². The van der Waals surface area contributed by atoms with Crippen molar-refractivity contribution < 1.29 is 9.18 Å². The SMILES string of the molecule is O=C(NCc1ccncc1)[C@@H]1C[C@@H](c2ccc(F)cc2)N(Cc2ccccc2)C1. The second-order valence-electron chi connectivity index (χ2n) is 7.49. The number of halogens is 1. The fourth-order valence-corrected chi connectivity index (χ4v) is 3.95. The molecular weight excluding hydrogens is 365 g/mol. The highest BCUT2D eigenvalue weighted by Gasteiger charge is 2.36. The monoisotopic (exact) mass is 389 g/mol. The molecule has 2 atom stereocenters. The maximum absolute atomic E-state index is 13.4. The zero-order chi connectivity index (χ0) is 20.1. The maximum atomic E-state index is 13.4. The predicted molar refractivity (Wildman–Crippen MR) is 110 cm³/mol. The van der Waals surface area contributed by atoms with Gasteiger partial charge >= 0.3 is 0 Å². The Bertz CT molecular complexity index is 931. The summed E-state index contributed by atoms with van der Waals surface area (Å²) in [6.45, 7) is 1.94. The molecular formula is C24H24FN3O. The molecule has 0 unspecified atom stereocenters. The topological polar surface area (TPSA) is 45.2 Å². The minimum Gasteiger partial charge on any atom is -0.352 e. The summed E-state index contributed by atoms with van der Waals surface area (Å²) >= 11 is 0. The molecule has 3 aromatic rings. The van der Waals surface area contributed by atoms with Crippen molar-refractivity contribution >= 4 is 5.91 Å². The summed E-state index contributed by atoms with van der Waals surface area (Å²) in [6.07, 6.45) is 4.17. The van der Waals surface area contributed by atoms with Gasteiger partial charge in [0.25, 0.3) is 0 Å². The average Bonchev–Trinajstić information content (AvgIpc) is 3.18. The van der Waals surface area contributed by atoms with Crippen LogP contribution < -0.4 is 5.32 Å². The molecule has 5 heteroatoms. The number of nitrogens with zero attached hydrogens (tertiary/aromatic N) is 2. The third-order valence-electron chi connectivity index (χ3n) is 5.47. The molecule has 1 saturated heterocycles. The van der Waals surface area contributed by atoms with E-state index in [1.165, 1.54) is 17.7 Å². The van der Waals surface area contributed by atoms with E-state index in [-0.39, 0.29) is 23.7 Å². The number of benzene rings is 2. The molecule has 0 aliphatic carbocycles. The first-order valence-corrected chi connectivity index (χ1v) is 9.89. The Morgan fingerprint density at radius 1 is 1.00 bits per heavy atom. The van der Waals surface area contributed by atoms with Crippen LogP contribution in [0.3, 0.4) is 0 Å². The van der Waals surface area contributed by atoms with Crippen LogP contribution in [0.25, 0.3) is 0 Å². The van der Waals surface area contributed by atoms with Crippen LogP contribution in [0.1, 0.15) is 29.2 Å². The van der Waals surface area contributed by atoms with E-state index in [2.05, 4.69) is 27.3 Å². The van der Waals surface area contributed by atoms with Crippen LogP contribution in [0.15, 0.2) is 79.1 Å². The summed E-state index contributed by atoms with van der Waals surface area (Å²) < 4.78 is 13.4. The molecule has 1 N–H and O–H groups in total. The van der Waals surface area contributed by atoms with Gasteiger partial charge in [-0.05, 0) is 47.4 Å². The quantitative estimate of drug-likeness (QED) is 0.690. The molecule has 29 heavy (non-hydrogen) atoms. The zero-order valence-electron chi connectivity index (χ0n) is 16.2. The third kappa shape index (κ3) is 4.87. The molecule has 1 aromatic heterocycles. The van der Waals surface area contributed by atoms with Gasteiger partial charge in [-0.1, -0.05) is 42.5 Å². The smallest absolute Gasteiger partial charge is 0.224 e. The Hall–Kier alpha value is -3.05. The standard InChI is InChI=1S/C24H24FN3O/c25-22-8-6-20(7-9-22)23-14-21(17-28(23)16-19-4-2-1-3-5-19)24(29)27-15-18-10-12-26-13-11-18/h1-13,21,23H,14-17H2,(H,27,29)/t21-,23+/m1/s1. The second-order valence-corrected chi connectivity index (χ2v) is 7.49. The first-order valence-electron chi connectivity index (χ1n) is 9.89. The number of pyridine rings is 1. The molecule has 4 rings (SSSR count). The van der Waals surface area contributed by atoms with Crippen molar-refractivity contribution in [2.75, 3.05) is 6.54 Å². The Labute approximate surface area is 170 Å². The van der Waals surface area contributed by atoms with Crippen LogP contribution in [-0.4, -0.2) is 22.3 Å². The van der Waals surface area contributed by atoms with Gasteiger partial charge in [0, 0.05) is 38.1 Å². The summed E-state index contributed by atoms with van der Waals surface area (Å²) in [6, 6.07) is 20.8. The van der Waals surface area contributed by atoms with E-state index < -0.39 is 0 Å². The highest BCUT2D eigenvalue weighted by molar-refractivity contribution is 5.79. The van der Waals surface area contributed by atoms with E-state index in [4.69, 9.17) is 0 Å². The lowest BCUT2D eigenvalue weighted by Crippen LogP contribution is -2.32. The number of aromatic nitrogens is 1. The molecule has 0 bridgehead atoms. The van der Waals surface area contributed by atoms with E-state index in [1.807, 2.05) is 42.5 Å². The van der Waals surface area contributed by atoms with Crippen LogP contribution in [0, 0.1) is 11.7 Å². The molecule has 0 radical (unpaired) electrons. The average molecular weight is 389 g/mol. The van der Waals surface area contributed by atoms with E-state index in [1.54, 1.807) is 12.4 Å². The lowest BCUT2D eigenvalue weighted by atomic mass is 9.99. The number of carbonyl (C=O) groups excluding carboxylic acids is 1. The lowest BCUT2D eigenvalue weighted by Gasteiger charge is -2.24. The summed E-state index contributed by atoms with van der Waals surface area (Å²) in [7, 11) is 0. The molecule has 0 saturated carbocycles. The Kier molecular flexibility index (Phi) is 5.96. The molecule has 4 nitrogen and oxygen atoms in total. The van der Waals surface area contributed by atoms with Crippen molar-refractivity contribution in [3.63, 3.8) is 0 Å². The van der Waals surface area contributed by atoms with Crippen LogP contribution >= 0.6 is 0 Å². The van der Waals surface area contributed by atoms with Gasteiger partial charge in [0.05, 0.1) is 5.92 Å². The van der Waals surface area contributed by atoms with Crippen molar-refractivity contribution in [3.8, 4) is 0 Å². The van der Waals surface area contributed by atoms with Gasteiger partial charge in [0.15, 0.2) is 0 Å². The Morgan fingerprint density at radius 2 is 1.72 bits per heavy atom. The summed E-state index contributed by atoms with van der Waals surface area (Å²) in [5.74, 6) is -0.284. The second kappa shape index (κ2) is 8.97. The van der Waals surface area contributed by atoms with Gasteiger partial charge in [0.2, 0.25) is 5.91 Å². The van der Waals surface area contributed by atoms with Gasteiger partial charge in [-0.3, -0.25) is 14.7 Å². The number of hydrogen-bond donors (Lipinski definition) is 1. The number of nitrogens with one attached hydrogen (secondary N) is 1. The largest absolute Gasteiger partial charge is 0.352 e. The summed E-state index contributed by atoms with van der Waals surface area (Å²) in [5.41, 5.74) is 3.28.